The molecule has 0 saturated carbocycles. The molecule has 1 atom stereocenters. The Bertz CT molecular complexity index is 703. The van der Waals surface area contributed by atoms with Crippen molar-refractivity contribution in [1.29, 1.82) is 0 Å². The van der Waals surface area contributed by atoms with Gasteiger partial charge in [0, 0.05) is 30.2 Å². The van der Waals surface area contributed by atoms with E-state index in [0.29, 0.717) is 0 Å². The molecular formula is C18H19N3. The number of aryl methyl sites for hydroxylation is 1. The molecule has 2 heterocycles. The highest BCUT2D eigenvalue weighted by atomic mass is 14.9. The SMILES string of the molecule is Cc1cccc([C@@H](Cc2cccnc2)c2cnc[nH]2)c1C. The van der Waals surface area contributed by atoms with Crippen molar-refractivity contribution < 1.29 is 0 Å². The summed E-state index contributed by atoms with van der Waals surface area (Å²) in [5.41, 5.74) is 6.40. The average Bonchev–Trinajstić information content (AvgIpc) is 3.03. The molecule has 2 aromatic heterocycles. The molecule has 0 amide bonds. The Kier molecular flexibility index (Phi) is 3.82. The summed E-state index contributed by atoms with van der Waals surface area (Å²) in [4.78, 5) is 11.7. The van der Waals surface area contributed by atoms with Crippen molar-refractivity contribution in [1.82, 2.24) is 15.0 Å². The van der Waals surface area contributed by atoms with Gasteiger partial charge in [0.1, 0.15) is 0 Å². The van der Waals surface area contributed by atoms with Crippen LogP contribution >= 0.6 is 0 Å². The zero-order valence-corrected chi connectivity index (χ0v) is 12.4. The fourth-order valence-electron chi connectivity index (χ4n) is 2.75. The minimum Gasteiger partial charge on any atom is -0.348 e. The van der Waals surface area contributed by atoms with Crippen molar-refractivity contribution in [3.8, 4) is 0 Å². The van der Waals surface area contributed by atoms with Gasteiger partial charge in [-0.05, 0) is 48.6 Å². The van der Waals surface area contributed by atoms with E-state index in [1.54, 1.807) is 6.33 Å². The lowest BCUT2D eigenvalue weighted by atomic mass is 9.86. The molecule has 3 aromatic rings. The van der Waals surface area contributed by atoms with E-state index in [1.807, 2.05) is 24.7 Å². The van der Waals surface area contributed by atoms with Crippen molar-refractivity contribution in [2.24, 2.45) is 0 Å². The summed E-state index contributed by atoms with van der Waals surface area (Å²) >= 11 is 0. The number of hydrogen-bond donors (Lipinski definition) is 1. The highest BCUT2D eigenvalue weighted by Gasteiger charge is 2.18. The van der Waals surface area contributed by atoms with Gasteiger partial charge in [-0.2, -0.15) is 0 Å². The van der Waals surface area contributed by atoms with Crippen LogP contribution in [0.4, 0.5) is 0 Å². The second kappa shape index (κ2) is 5.92. The van der Waals surface area contributed by atoms with Gasteiger partial charge in [0.25, 0.3) is 0 Å². The quantitative estimate of drug-likeness (QED) is 0.788. The lowest BCUT2D eigenvalue weighted by Gasteiger charge is -2.19. The van der Waals surface area contributed by atoms with Gasteiger partial charge in [0.05, 0.1) is 6.33 Å². The summed E-state index contributed by atoms with van der Waals surface area (Å²) in [6.45, 7) is 4.35. The molecular weight excluding hydrogens is 258 g/mol. The van der Waals surface area contributed by atoms with E-state index in [0.717, 1.165) is 12.1 Å². The molecule has 1 aromatic carbocycles. The molecule has 0 spiro atoms. The minimum atomic E-state index is 0.275. The zero-order valence-electron chi connectivity index (χ0n) is 12.4. The standard InChI is InChI=1S/C18H19N3/c1-13-5-3-7-16(14(13)2)17(18-11-20-12-21-18)9-15-6-4-8-19-10-15/h3-8,10-12,17H,9H2,1-2H3,(H,20,21)/t17-/m1/s1. The highest BCUT2D eigenvalue weighted by molar-refractivity contribution is 5.40. The van der Waals surface area contributed by atoms with Crippen molar-refractivity contribution in [2.45, 2.75) is 26.2 Å². The normalized spacial score (nSPS) is 12.3. The van der Waals surface area contributed by atoms with Crippen LogP contribution < -0.4 is 0 Å². The second-order valence-corrected chi connectivity index (χ2v) is 5.41. The molecule has 0 aliphatic heterocycles. The molecule has 0 fully saturated rings. The first kappa shape index (κ1) is 13.6. The molecule has 1 N–H and O–H groups in total. The number of rotatable bonds is 4. The largest absolute Gasteiger partial charge is 0.348 e. The zero-order chi connectivity index (χ0) is 14.7. The average molecular weight is 277 g/mol. The van der Waals surface area contributed by atoms with Crippen LogP contribution in [0.2, 0.25) is 0 Å². The Labute approximate surface area is 125 Å². The van der Waals surface area contributed by atoms with E-state index in [9.17, 15) is 0 Å². The highest BCUT2D eigenvalue weighted by Crippen LogP contribution is 2.30. The Balaban J connectivity index is 2.03. The molecule has 0 aliphatic rings. The number of imidazole rings is 1. The molecule has 0 radical (unpaired) electrons. The molecule has 0 unspecified atom stereocenters. The maximum atomic E-state index is 4.23. The van der Waals surface area contributed by atoms with Crippen LogP contribution in [-0.2, 0) is 6.42 Å². The summed E-state index contributed by atoms with van der Waals surface area (Å²) < 4.78 is 0. The Morgan fingerprint density at radius 3 is 2.67 bits per heavy atom. The molecule has 3 nitrogen and oxygen atoms in total. The molecule has 3 rings (SSSR count). The number of nitrogens with one attached hydrogen (secondary N) is 1. The van der Waals surface area contributed by atoms with Gasteiger partial charge >= 0.3 is 0 Å². The van der Waals surface area contributed by atoms with Gasteiger partial charge in [-0.15, -0.1) is 0 Å². The molecule has 106 valence electrons. The summed E-state index contributed by atoms with van der Waals surface area (Å²) in [5.74, 6) is 0.275. The number of H-pyrrole nitrogens is 1. The number of pyridine rings is 1. The lowest BCUT2D eigenvalue weighted by Crippen LogP contribution is -2.08. The van der Waals surface area contributed by atoms with Crippen LogP contribution in [0.3, 0.4) is 0 Å². The third-order valence-corrected chi connectivity index (χ3v) is 4.08. The predicted molar refractivity (Wildman–Crippen MR) is 84.3 cm³/mol. The number of nitrogens with zero attached hydrogens (tertiary/aromatic N) is 2. The van der Waals surface area contributed by atoms with E-state index < -0.39 is 0 Å². The first-order valence-corrected chi connectivity index (χ1v) is 7.19. The summed E-state index contributed by atoms with van der Waals surface area (Å²) in [5, 5.41) is 0. The smallest absolute Gasteiger partial charge is 0.0921 e. The van der Waals surface area contributed by atoms with Crippen LogP contribution in [0.1, 0.15) is 33.9 Å². The van der Waals surface area contributed by atoms with Crippen LogP contribution in [-0.4, -0.2) is 15.0 Å². The van der Waals surface area contributed by atoms with Crippen LogP contribution in [0.25, 0.3) is 0 Å². The summed E-state index contributed by atoms with van der Waals surface area (Å²) in [7, 11) is 0. The second-order valence-electron chi connectivity index (χ2n) is 5.41. The van der Waals surface area contributed by atoms with E-state index in [4.69, 9.17) is 0 Å². The molecule has 0 saturated heterocycles. The first-order chi connectivity index (χ1) is 10.3. The van der Waals surface area contributed by atoms with Crippen molar-refractivity contribution >= 4 is 0 Å². The fourth-order valence-corrected chi connectivity index (χ4v) is 2.75. The van der Waals surface area contributed by atoms with E-state index >= 15 is 0 Å². The number of aromatic amines is 1. The van der Waals surface area contributed by atoms with Gasteiger partial charge in [0.15, 0.2) is 0 Å². The molecule has 0 bridgehead atoms. The van der Waals surface area contributed by atoms with E-state index in [-0.39, 0.29) is 5.92 Å². The van der Waals surface area contributed by atoms with E-state index in [2.05, 4.69) is 53.1 Å². The molecule has 0 aliphatic carbocycles. The van der Waals surface area contributed by atoms with Gasteiger partial charge in [-0.1, -0.05) is 24.3 Å². The third kappa shape index (κ3) is 2.87. The summed E-state index contributed by atoms with van der Waals surface area (Å²) in [6.07, 6.45) is 8.33. The van der Waals surface area contributed by atoms with Crippen LogP contribution in [0.5, 0.6) is 0 Å². The molecule has 3 heteroatoms. The van der Waals surface area contributed by atoms with Gasteiger partial charge in [-0.3, -0.25) is 4.98 Å². The van der Waals surface area contributed by atoms with E-state index in [1.165, 1.54) is 22.3 Å². The number of benzene rings is 1. The first-order valence-electron chi connectivity index (χ1n) is 7.19. The predicted octanol–water partition coefficient (Wildman–Crippen LogP) is 3.80. The topological polar surface area (TPSA) is 41.6 Å². The molecule has 21 heavy (non-hydrogen) atoms. The van der Waals surface area contributed by atoms with Gasteiger partial charge in [0.2, 0.25) is 0 Å². The minimum absolute atomic E-state index is 0.275. The Morgan fingerprint density at radius 2 is 1.95 bits per heavy atom. The van der Waals surface area contributed by atoms with Crippen molar-refractivity contribution in [3.63, 3.8) is 0 Å². The number of aromatic nitrogens is 3. The third-order valence-electron chi connectivity index (χ3n) is 4.08. The Hall–Kier alpha value is -2.42. The van der Waals surface area contributed by atoms with Crippen LogP contribution in [0.15, 0.2) is 55.2 Å². The summed E-state index contributed by atoms with van der Waals surface area (Å²) in [6, 6.07) is 10.6. The monoisotopic (exact) mass is 277 g/mol. The number of hydrogen-bond acceptors (Lipinski definition) is 2. The fraction of sp³-hybridized carbons (Fsp3) is 0.222. The maximum absolute atomic E-state index is 4.23. The van der Waals surface area contributed by atoms with Gasteiger partial charge in [-0.25, -0.2) is 4.98 Å². The van der Waals surface area contributed by atoms with Crippen molar-refractivity contribution in [2.75, 3.05) is 0 Å². The van der Waals surface area contributed by atoms with Crippen molar-refractivity contribution in [3.05, 3.63) is 83.2 Å². The maximum Gasteiger partial charge on any atom is 0.0921 e. The van der Waals surface area contributed by atoms with Crippen LogP contribution in [0, 0.1) is 13.8 Å². The Morgan fingerprint density at radius 1 is 1.05 bits per heavy atom. The lowest BCUT2D eigenvalue weighted by molar-refractivity contribution is 0.770. The van der Waals surface area contributed by atoms with Gasteiger partial charge < -0.3 is 4.98 Å².